The topological polar surface area (TPSA) is 58.1 Å². The van der Waals surface area contributed by atoms with Gasteiger partial charge in [0.2, 0.25) is 0 Å². The molecule has 0 radical (unpaired) electrons. The fraction of sp³-hybridized carbons (Fsp3) is 0.611. The monoisotopic (exact) mass is 412 g/mol. The number of guanidine groups is 1. The zero-order valence-corrected chi connectivity index (χ0v) is 16.9. The first kappa shape index (κ1) is 20.0. The summed E-state index contributed by atoms with van der Waals surface area (Å²) < 4.78 is 11.6. The maximum atomic E-state index is 5.42. The van der Waals surface area contributed by atoms with Gasteiger partial charge in [0.1, 0.15) is 5.75 Å². The van der Waals surface area contributed by atoms with E-state index in [1.165, 1.54) is 0 Å². The standard InChI is InChI=1S/C18H29BrN4O2/c1-4-20-18(21-12-14(2)23-7-9-25-10-8-23)22-13-15-5-6-17(24-3)16(19)11-15/h5-6,11,14H,4,7-10,12-13H2,1-3H3,(H2,20,21,22). The third kappa shape index (κ3) is 6.49. The van der Waals surface area contributed by atoms with E-state index in [0.717, 1.165) is 61.1 Å². The molecule has 1 aromatic rings. The van der Waals surface area contributed by atoms with Crippen molar-refractivity contribution in [1.82, 2.24) is 15.5 Å². The van der Waals surface area contributed by atoms with Gasteiger partial charge < -0.3 is 20.1 Å². The first-order valence-corrected chi connectivity index (χ1v) is 9.59. The van der Waals surface area contributed by atoms with Gasteiger partial charge in [0.15, 0.2) is 5.96 Å². The van der Waals surface area contributed by atoms with Crippen molar-refractivity contribution in [1.29, 1.82) is 0 Å². The van der Waals surface area contributed by atoms with Crippen molar-refractivity contribution < 1.29 is 9.47 Å². The Labute approximate surface area is 159 Å². The lowest BCUT2D eigenvalue weighted by molar-refractivity contribution is 0.0211. The lowest BCUT2D eigenvalue weighted by Crippen LogP contribution is -2.49. The normalized spacial score (nSPS) is 17.2. The molecule has 1 aromatic carbocycles. The van der Waals surface area contributed by atoms with Gasteiger partial charge in [-0.05, 0) is 47.5 Å². The highest BCUT2D eigenvalue weighted by Gasteiger charge is 2.16. The molecule has 25 heavy (non-hydrogen) atoms. The van der Waals surface area contributed by atoms with Crippen molar-refractivity contribution in [2.45, 2.75) is 26.4 Å². The number of nitrogens with zero attached hydrogens (tertiary/aromatic N) is 2. The third-order valence-corrected chi connectivity index (χ3v) is 4.83. The second kappa shape index (κ2) is 10.6. The number of methoxy groups -OCH3 is 1. The maximum Gasteiger partial charge on any atom is 0.191 e. The molecule has 1 unspecified atom stereocenters. The fourth-order valence-corrected chi connectivity index (χ4v) is 3.30. The zero-order chi connectivity index (χ0) is 18.1. The smallest absolute Gasteiger partial charge is 0.191 e. The maximum absolute atomic E-state index is 5.42. The van der Waals surface area contributed by atoms with Crippen LogP contribution in [-0.4, -0.2) is 63.4 Å². The summed E-state index contributed by atoms with van der Waals surface area (Å²) in [6.07, 6.45) is 0. The van der Waals surface area contributed by atoms with Gasteiger partial charge in [-0.2, -0.15) is 0 Å². The molecule has 0 saturated carbocycles. The molecule has 1 aliphatic heterocycles. The number of morpholine rings is 1. The van der Waals surface area contributed by atoms with Crippen LogP contribution in [0.15, 0.2) is 27.7 Å². The SMILES string of the molecule is CCNC(=NCc1ccc(OC)c(Br)c1)NCC(C)N1CCOCC1. The van der Waals surface area contributed by atoms with E-state index in [1.807, 2.05) is 18.2 Å². The summed E-state index contributed by atoms with van der Waals surface area (Å²) in [5, 5.41) is 6.75. The highest BCUT2D eigenvalue weighted by Crippen LogP contribution is 2.25. The Balaban J connectivity index is 1.90. The van der Waals surface area contributed by atoms with Gasteiger partial charge in [-0.25, -0.2) is 4.99 Å². The van der Waals surface area contributed by atoms with Gasteiger partial charge >= 0.3 is 0 Å². The van der Waals surface area contributed by atoms with Crippen molar-refractivity contribution in [3.63, 3.8) is 0 Å². The van der Waals surface area contributed by atoms with Gasteiger partial charge in [-0.3, -0.25) is 4.90 Å². The minimum atomic E-state index is 0.447. The van der Waals surface area contributed by atoms with Crippen LogP contribution in [0, 0.1) is 0 Å². The lowest BCUT2D eigenvalue weighted by Gasteiger charge is -2.32. The van der Waals surface area contributed by atoms with Crippen molar-refractivity contribution in [3.05, 3.63) is 28.2 Å². The highest BCUT2D eigenvalue weighted by atomic mass is 79.9. The molecule has 0 bridgehead atoms. The van der Waals surface area contributed by atoms with Crippen LogP contribution in [-0.2, 0) is 11.3 Å². The largest absolute Gasteiger partial charge is 0.496 e. The van der Waals surface area contributed by atoms with E-state index < -0.39 is 0 Å². The van der Waals surface area contributed by atoms with Crippen LogP contribution in [0.4, 0.5) is 0 Å². The fourth-order valence-electron chi connectivity index (χ4n) is 2.71. The third-order valence-electron chi connectivity index (χ3n) is 4.21. The number of nitrogens with one attached hydrogen (secondary N) is 2. The summed E-state index contributed by atoms with van der Waals surface area (Å²) in [5.41, 5.74) is 1.13. The highest BCUT2D eigenvalue weighted by molar-refractivity contribution is 9.10. The second-order valence-corrected chi connectivity index (χ2v) is 6.90. The van der Waals surface area contributed by atoms with E-state index in [9.17, 15) is 0 Å². The summed E-state index contributed by atoms with van der Waals surface area (Å²) in [5.74, 6) is 1.67. The lowest BCUT2D eigenvalue weighted by atomic mass is 10.2. The van der Waals surface area contributed by atoms with E-state index in [2.05, 4.69) is 50.3 Å². The van der Waals surface area contributed by atoms with E-state index >= 15 is 0 Å². The van der Waals surface area contributed by atoms with E-state index in [4.69, 9.17) is 9.47 Å². The molecule has 1 heterocycles. The number of rotatable bonds is 7. The number of hydrogen-bond donors (Lipinski definition) is 2. The molecule has 2 N–H and O–H groups in total. The minimum absolute atomic E-state index is 0.447. The summed E-state index contributed by atoms with van der Waals surface area (Å²) in [6.45, 7) is 10.3. The van der Waals surface area contributed by atoms with Gasteiger partial charge in [-0.1, -0.05) is 6.07 Å². The molecule has 7 heteroatoms. The Morgan fingerprint density at radius 3 is 2.76 bits per heavy atom. The average molecular weight is 413 g/mol. The van der Waals surface area contributed by atoms with Crippen molar-refractivity contribution >= 4 is 21.9 Å². The molecule has 0 spiro atoms. The molecule has 0 aliphatic carbocycles. The van der Waals surface area contributed by atoms with Crippen LogP contribution in [0.3, 0.4) is 0 Å². The van der Waals surface area contributed by atoms with Crippen molar-refractivity contribution in [3.8, 4) is 5.75 Å². The molecular weight excluding hydrogens is 384 g/mol. The van der Waals surface area contributed by atoms with Crippen LogP contribution in [0.1, 0.15) is 19.4 Å². The van der Waals surface area contributed by atoms with E-state index in [-0.39, 0.29) is 0 Å². The minimum Gasteiger partial charge on any atom is -0.496 e. The number of hydrogen-bond acceptors (Lipinski definition) is 4. The van der Waals surface area contributed by atoms with Crippen LogP contribution in [0.2, 0.25) is 0 Å². The Hall–Kier alpha value is -1.31. The number of halogens is 1. The molecule has 1 atom stereocenters. The van der Waals surface area contributed by atoms with Gasteiger partial charge in [-0.15, -0.1) is 0 Å². The Bertz CT molecular complexity index is 562. The van der Waals surface area contributed by atoms with Crippen LogP contribution in [0.25, 0.3) is 0 Å². The van der Waals surface area contributed by atoms with Gasteiger partial charge in [0.05, 0.1) is 31.3 Å². The Kier molecular flexibility index (Phi) is 8.51. The van der Waals surface area contributed by atoms with E-state index in [1.54, 1.807) is 7.11 Å². The second-order valence-electron chi connectivity index (χ2n) is 6.04. The number of benzene rings is 1. The summed E-state index contributed by atoms with van der Waals surface area (Å²) in [7, 11) is 1.67. The molecular formula is C18H29BrN4O2. The van der Waals surface area contributed by atoms with Crippen molar-refractivity contribution in [2.24, 2.45) is 4.99 Å². The van der Waals surface area contributed by atoms with Gasteiger partial charge in [0, 0.05) is 32.2 Å². The average Bonchev–Trinajstić information content (AvgIpc) is 2.64. The summed E-state index contributed by atoms with van der Waals surface area (Å²) in [4.78, 5) is 7.13. The molecule has 0 aromatic heterocycles. The van der Waals surface area contributed by atoms with Crippen LogP contribution < -0.4 is 15.4 Å². The zero-order valence-electron chi connectivity index (χ0n) is 15.3. The van der Waals surface area contributed by atoms with Crippen LogP contribution >= 0.6 is 15.9 Å². The number of ether oxygens (including phenoxy) is 2. The molecule has 6 nitrogen and oxygen atoms in total. The molecule has 2 rings (SSSR count). The molecule has 1 saturated heterocycles. The molecule has 1 aliphatic rings. The molecule has 0 amide bonds. The predicted molar refractivity (Wildman–Crippen MR) is 105 cm³/mol. The Morgan fingerprint density at radius 2 is 2.12 bits per heavy atom. The Morgan fingerprint density at radius 1 is 1.36 bits per heavy atom. The van der Waals surface area contributed by atoms with E-state index in [0.29, 0.717) is 12.6 Å². The number of aliphatic imine (C=N–C) groups is 1. The molecule has 1 fully saturated rings. The summed E-state index contributed by atoms with van der Waals surface area (Å²) >= 11 is 3.52. The first-order chi connectivity index (χ1) is 12.1. The van der Waals surface area contributed by atoms with Gasteiger partial charge in [0.25, 0.3) is 0 Å². The molecule has 140 valence electrons. The summed E-state index contributed by atoms with van der Waals surface area (Å²) in [6, 6.07) is 6.48. The van der Waals surface area contributed by atoms with Crippen molar-refractivity contribution in [2.75, 3.05) is 46.5 Å². The first-order valence-electron chi connectivity index (χ1n) is 8.80. The predicted octanol–water partition coefficient (Wildman–Crippen LogP) is 2.23. The van der Waals surface area contributed by atoms with Crippen LogP contribution in [0.5, 0.6) is 5.75 Å². The quantitative estimate of drug-likeness (QED) is 0.531.